The summed E-state index contributed by atoms with van der Waals surface area (Å²) < 4.78 is 77.9. The Hall–Kier alpha value is -3.69. The van der Waals surface area contributed by atoms with E-state index >= 15 is 0 Å². The molecule has 0 bridgehead atoms. The summed E-state index contributed by atoms with van der Waals surface area (Å²) >= 11 is 0. The van der Waals surface area contributed by atoms with Crippen LogP contribution in [0.15, 0.2) is 65.6 Å². The molecule has 164 valence electrons. The first kappa shape index (κ1) is 21.5. The zero-order valence-electron chi connectivity index (χ0n) is 16.3. The van der Waals surface area contributed by atoms with Gasteiger partial charge in [0.05, 0.1) is 23.0 Å². The number of halogens is 6. The molecule has 0 radical (unpaired) electrons. The standard InChI is InChI=1S/C22H13F6N3O/c1-12-19(14-4-8-17(9-5-14)22(26,27)28)30-18-10-15(11-29-31(18)20(12)32)13-2-6-16(7-3-13)21(23,24)25/h2-11H,1H3. The number of alkyl halides is 6. The van der Waals surface area contributed by atoms with Crippen LogP contribution in [-0.4, -0.2) is 14.6 Å². The largest absolute Gasteiger partial charge is 0.416 e. The van der Waals surface area contributed by atoms with Crippen molar-refractivity contribution >= 4 is 5.65 Å². The van der Waals surface area contributed by atoms with Gasteiger partial charge in [-0.1, -0.05) is 24.3 Å². The second-order valence-electron chi connectivity index (χ2n) is 7.06. The highest BCUT2D eigenvalue weighted by molar-refractivity contribution is 5.69. The van der Waals surface area contributed by atoms with Crippen LogP contribution in [-0.2, 0) is 12.4 Å². The van der Waals surface area contributed by atoms with Crippen molar-refractivity contribution in [2.45, 2.75) is 19.3 Å². The van der Waals surface area contributed by atoms with E-state index in [1.807, 2.05) is 0 Å². The molecule has 0 aliphatic heterocycles. The Morgan fingerprint density at radius 3 is 1.75 bits per heavy atom. The van der Waals surface area contributed by atoms with Crippen molar-refractivity contribution in [1.82, 2.24) is 14.6 Å². The van der Waals surface area contributed by atoms with E-state index in [-0.39, 0.29) is 16.9 Å². The second-order valence-corrected chi connectivity index (χ2v) is 7.06. The van der Waals surface area contributed by atoms with Gasteiger partial charge >= 0.3 is 12.4 Å². The van der Waals surface area contributed by atoms with Gasteiger partial charge in [-0.25, -0.2) is 4.98 Å². The van der Waals surface area contributed by atoms with E-state index in [2.05, 4.69) is 10.1 Å². The van der Waals surface area contributed by atoms with Crippen LogP contribution < -0.4 is 5.56 Å². The van der Waals surface area contributed by atoms with E-state index in [1.54, 1.807) is 0 Å². The minimum absolute atomic E-state index is 0.105. The van der Waals surface area contributed by atoms with E-state index in [4.69, 9.17) is 0 Å². The van der Waals surface area contributed by atoms with Gasteiger partial charge in [-0.2, -0.15) is 36.0 Å². The smallest absolute Gasteiger partial charge is 0.267 e. The molecule has 10 heteroatoms. The number of fused-ring (bicyclic) bond motifs is 1. The van der Waals surface area contributed by atoms with Gasteiger partial charge in [0.25, 0.3) is 5.56 Å². The van der Waals surface area contributed by atoms with Crippen molar-refractivity contribution in [3.63, 3.8) is 0 Å². The molecule has 2 aromatic heterocycles. The molecule has 0 saturated heterocycles. The average molecular weight is 449 g/mol. The van der Waals surface area contributed by atoms with Gasteiger partial charge in [0.2, 0.25) is 0 Å². The summed E-state index contributed by atoms with van der Waals surface area (Å²) in [5, 5.41) is 4.04. The molecular formula is C22H13F6N3O. The second kappa shape index (κ2) is 7.47. The van der Waals surface area contributed by atoms with Gasteiger partial charge in [-0.15, -0.1) is 0 Å². The van der Waals surface area contributed by atoms with Crippen LogP contribution in [0.3, 0.4) is 0 Å². The van der Waals surface area contributed by atoms with Crippen LogP contribution in [0, 0.1) is 6.92 Å². The maximum absolute atomic E-state index is 12.8. The van der Waals surface area contributed by atoms with Crippen molar-refractivity contribution in [1.29, 1.82) is 0 Å². The third-order valence-corrected chi connectivity index (χ3v) is 4.94. The van der Waals surface area contributed by atoms with Gasteiger partial charge in [-0.3, -0.25) is 4.79 Å². The fourth-order valence-corrected chi connectivity index (χ4v) is 3.22. The highest BCUT2D eigenvalue weighted by Gasteiger charge is 2.31. The monoisotopic (exact) mass is 449 g/mol. The first-order valence-electron chi connectivity index (χ1n) is 9.20. The lowest BCUT2D eigenvalue weighted by Gasteiger charge is -2.11. The summed E-state index contributed by atoms with van der Waals surface area (Å²) in [4.78, 5) is 17.1. The minimum Gasteiger partial charge on any atom is -0.267 e. The maximum atomic E-state index is 12.8. The van der Waals surface area contributed by atoms with E-state index in [9.17, 15) is 31.1 Å². The minimum atomic E-state index is -4.50. The van der Waals surface area contributed by atoms with Crippen molar-refractivity contribution in [2.75, 3.05) is 0 Å². The van der Waals surface area contributed by atoms with Gasteiger partial charge in [-0.05, 0) is 42.8 Å². The number of benzene rings is 2. The predicted octanol–water partition coefficient (Wildman–Crippen LogP) is 5.77. The highest BCUT2D eigenvalue weighted by atomic mass is 19.4. The van der Waals surface area contributed by atoms with Gasteiger partial charge in [0.15, 0.2) is 5.65 Å². The Morgan fingerprint density at radius 1 is 0.750 bits per heavy atom. The molecule has 32 heavy (non-hydrogen) atoms. The molecule has 0 atom stereocenters. The van der Waals surface area contributed by atoms with E-state index in [0.29, 0.717) is 16.7 Å². The number of hydrogen-bond acceptors (Lipinski definition) is 3. The van der Waals surface area contributed by atoms with Gasteiger partial charge < -0.3 is 0 Å². The topological polar surface area (TPSA) is 47.3 Å². The normalized spacial score (nSPS) is 12.3. The highest BCUT2D eigenvalue weighted by Crippen LogP contribution is 2.32. The molecule has 0 aliphatic carbocycles. The van der Waals surface area contributed by atoms with Crippen molar-refractivity contribution in [3.05, 3.63) is 87.8 Å². The third-order valence-electron chi connectivity index (χ3n) is 4.94. The number of nitrogens with zero attached hydrogens (tertiary/aromatic N) is 3. The quantitative estimate of drug-likeness (QED) is 0.365. The Kier molecular flexibility index (Phi) is 5.03. The summed E-state index contributed by atoms with van der Waals surface area (Å²) in [6.07, 6.45) is -7.64. The van der Waals surface area contributed by atoms with Crippen LogP contribution in [0.2, 0.25) is 0 Å². The molecule has 0 saturated carbocycles. The summed E-state index contributed by atoms with van der Waals surface area (Å²) in [6, 6.07) is 10.1. The van der Waals surface area contributed by atoms with Crippen molar-refractivity contribution in [2.24, 2.45) is 0 Å². The van der Waals surface area contributed by atoms with Crippen molar-refractivity contribution < 1.29 is 26.3 Å². The fraction of sp³-hybridized carbons (Fsp3) is 0.136. The first-order valence-corrected chi connectivity index (χ1v) is 9.20. The predicted molar refractivity (Wildman–Crippen MR) is 105 cm³/mol. The molecule has 2 heterocycles. The Bertz CT molecular complexity index is 1350. The maximum Gasteiger partial charge on any atom is 0.416 e. The fourth-order valence-electron chi connectivity index (χ4n) is 3.22. The van der Waals surface area contributed by atoms with Crippen LogP contribution >= 0.6 is 0 Å². The number of rotatable bonds is 2. The van der Waals surface area contributed by atoms with Gasteiger partial charge in [0, 0.05) is 16.7 Å². The van der Waals surface area contributed by atoms with E-state index in [0.717, 1.165) is 28.8 Å². The number of hydrogen-bond donors (Lipinski definition) is 0. The van der Waals surface area contributed by atoms with E-state index in [1.165, 1.54) is 43.5 Å². The summed E-state index contributed by atoms with van der Waals surface area (Å²) in [5.74, 6) is 0. The molecule has 4 aromatic rings. The zero-order valence-corrected chi connectivity index (χ0v) is 16.3. The van der Waals surface area contributed by atoms with Crippen LogP contribution in [0.4, 0.5) is 26.3 Å². The van der Waals surface area contributed by atoms with Crippen LogP contribution in [0.1, 0.15) is 16.7 Å². The molecule has 0 aliphatic rings. The Labute approximate surface area is 176 Å². The van der Waals surface area contributed by atoms with Crippen molar-refractivity contribution in [3.8, 4) is 22.4 Å². The number of aromatic nitrogens is 3. The average Bonchev–Trinajstić information content (AvgIpc) is 2.75. The van der Waals surface area contributed by atoms with Gasteiger partial charge in [0.1, 0.15) is 0 Å². The van der Waals surface area contributed by atoms with Crippen LogP contribution in [0.25, 0.3) is 28.0 Å². The summed E-state index contributed by atoms with van der Waals surface area (Å²) in [5.41, 5.74) is -0.488. The lowest BCUT2D eigenvalue weighted by Crippen LogP contribution is -2.21. The molecule has 4 nitrogen and oxygen atoms in total. The summed E-state index contributed by atoms with van der Waals surface area (Å²) in [6.45, 7) is 1.49. The van der Waals surface area contributed by atoms with E-state index < -0.39 is 29.0 Å². The zero-order chi connectivity index (χ0) is 23.3. The molecule has 0 spiro atoms. The first-order chi connectivity index (χ1) is 14.9. The third kappa shape index (κ3) is 3.95. The lowest BCUT2D eigenvalue weighted by molar-refractivity contribution is -0.138. The molecule has 0 N–H and O–H groups in total. The lowest BCUT2D eigenvalue weighted by atomic mass is 10.0. The molecule has 0 unspecified atom stereocenters. The Balaban J connectivity index is 1.80. The summed E-state index contributed by atoms with van der Waals surface area (Å²) in [7, 11) is 0. The SMILES string of the molecule is Cc1c(-c2ccc(C(F)(F)F)cc2)nc2cc(-c3ccc(C(F)(F)F)cc3)cnn2c1=O. The molecule has 4 rings (SSSR count). The molecule has 0 amide bonds. The Morgan fingerprint density at radius 2 is 1.25 bits per heavy atom. The molecule has 2 aromatic carbocycles. The molecule has 0 fully saturated rings. The van der Waals surface area contributed by atoms with Crippen LogP contribution in [0.5, 0.6) is 0 Å². The molecular weight excluding hydrogens is 436 g/mol.